The Morgan fingerprint density at radius 1 is 0.430 bits per heavy atom. The van der Waals surface area contributed by atoms with Gasteiger partial charge in [0, 0.05) is 168 Å². The number of halogens is 7. The Bertz CT molecular complexity index is 5650. The molecule has 1 saturated heterocycles. The maximum absolute atomic E-state index is 14.3. The predicted molar refractivity (Wildman–Crippen MR) is 522 cm³/mol. The van der Waals surface area contributed by atoms with Crippen molar-refractivity contribution in [1.29, 1.82) is 0 Å². The lowest BCUT2D eigenvalue weighted by atomic mass is 9.80. The molecule has 3 N–H and O–H groups in total. The van der Waals surface area contributed by atoms with E-state index in [1.165, 1.54) is 0 Å². The lowest BCUT2D eigenvalue weighted by molar-refractivity contribution is -0.120. The molecule has 128 heavy (non-hydrogen) atoms. The fourth-order valence-corrected chi connectivity index (χ4v) is 15.8. The summed E-state index contributed by atoms with van der Waals surface area (Å²) in [5, 5.41) is 13.6. The number of carbonyl (C=O) groups excluding carboxylic acids is 3. The van der Waals surface area contributed by atoms with Crippen molar-refractivity contribution in [3.63, 3.8) is 0 Å². The van der Waals surface area contributed by atoms with E-state index in [1.54, 1.807) is 94.3 Å². The third kappa shape index (κ3) is 26.3. The van der Waals surface area contributed by atoms with Crippen LogP contribution in [0.15, 0.2) is 246 Å². The van der Waals surface area contributed by atoms with Crippen LogP contribution in [0, 0.1) is 0 Å². The number of ketones is 1. The highest BCUT2D eigenvalue weighted by molar-refractivity contribution is 6.70. The number of anilines is 5. The Kier molecular flexibility index (Phi) is 36.4. The molecular weight excluding hydrogens is 1760 g/mol. The molecule has 0 bridgehead atoms. The van der Waals surface area contributed by atoms with E-state index in [1.807, 2.05) is 210 Å². The summed E-state index contributed by atoms with van der Waals surface area (Å²) < 4.78 is 37.8. The van der Waals surface area contributed by atoms with Gasteiger partial charge in [-0.25, -0.2) is 15.0 Å². The van der Waals surface area contributed by atoms with Crippen molar-refractivity contribution in [2.45, 2.75) is 122 Å². The molecule has 3 aromatic heterocycles. The number of benzodiazepines with no additional fused rings is 2. The van der Waals surface area contributed by atoms with Gasteiger partial charge in [-0.15, -0.1) is 0 Å². The van der Waals surface area contributed by atoms with Crippen molar-refractivity contribution in [1.82, 2.24) is 15.0 Å². The number of Topliss-reactive ketones (excluding diaryl/α,β-unsaturated/α-hetero) is 1. The normalized spacial score (nSPS) is 15.9. The number of benzene rings is 8. The molecule has 21 nitrogen and oxygen atoms in total. The summed E-state index contributed by atoms with van der Waals surface area (Å²) in [5.41, 5.74) is 12.3. The van der Waals surface area contributed by atoms with Crippen molar-refractivity contribution in [2.24, 2.45) is 15.0 Å². The molecule has 0 spiro atoms. The smallest absolute Gasteiger partial charge is 0.496 e. The molecule has 15 rings (SSSR count). The molecule has 29 heteroatoms. The number of amides is 2. The first-order valence-corrected chi connectivity index (χ1v) is 44.3. The Balaban J connectivity index is 0.000000169. The lowest BCUT2D eigenvalue weighted by Crippen LogP contribution is -2.41. The monoisotopic (exact) mass is 1860 g/mol. The SMILES string of the molecule is C.COCCCNc1ccc(B2OC(C)(C)C(C)(C)O2)cn1.COCCCNc1ccc(C2=NC(Cc3ccccc3Cl)C(=O)Cc3ccc(Cl)cc32)cn1.COCCCNc1ccc(C2=NC(Cc3ccccc3Cl)C(=O)N(Cc3ccc(OC)cc3)c3ccc(Cl)cc32)cn1.COc1ccc(CN2C(=O)C(Cc3ccccc3Cl)N=C(Cl)c3cc(Cl)ccc32)cc1. The van der Waals surface area contributed by atoms with Gasteiger partial charge >= 0.3 is 7.12 Å². The van der Waals surface area contributed by atoms with Crippen LogP contribution in [0.4, 0.5) is 28.8 Å². The average molecular weight is 1870 g/mol. The topological polar surface area (TPSA) is 234 Å². The van der Waals surface area contributed by atoms with E-state index < -0.39 is 18.1 Å². The van der Waals surface area contributed by atoms with Crippen LogP contribution in [0.2, 0.25) is 30.1 Å². The van der Waals surface area contributed by atoms with E-state index in [0.29, 0.717) is 105 Å². The Morgan fingerprint density at radius 2 is 0.812 bits per heavy atom. The Morgan fingerprint density at radius 3 is 1.23 bits per heavy atom. The fraction of sp³-hybridized carbons (Fsp3) is 0.303. The van der Waals surface area contributed by atoms with Crippen LogP contribution in [0.25, 0.3) is 0 Å². The average Bonchev–Trinajstić information content (AvgIpc) is 1.61. The molecule has 7 heterocycles. The zero-order valence-corrected chi connectivity index (χ0v) is 77.5. The molecule has 4 aliphatic heterocycles. The molecule has 3 atom stereocenters. The van der Waals surface area contributed by atoms with Crippen LogP contribution >= 0.6 is 81.2 Å². The van der Waals surface area contributed by atoms with Gasteiger partial charge in [0.1, 0.15) is 52.2 Å². The largest absolute Gasteiger partial charge is 0.497 e. The number of methoxy groups -OCH3 is 5. The van der Waals surface area contributed by atoms with E-state index in [-0.39, 0.29) is 48.5 Å². The molecule has 11 aromatic rings. The number of hydrogen-bond donors (Lipinski definition) is 3. The van der Waals surface area contributed by atoms with Gasteiger partial charge in [0.15, 0.2) is 5.78 Å². The second kappa shape index (κ2) is 47.3. The fourth-order valence-electron chi connectivity index (χ4n) is 14.4. The summed E-state index contributed by atoms with van der Waals surface area (Å²) in [6.07, 6.45) is 9.50. The van der Waals surface area contributed by atoms with Gasteiger partial charge in [-0.1, -0.05) is 180 Å². The maximum Gasteiger partial charge on any atom is 0.496 e. The quantitative estimate of drug-likeness (QED) is 0.0280. The number of rotatable bonds is 30. The molecule has 0 radical (unpaired) electrons. The second-order valence-corrected chi connectivity index (χ2v) is 34.3. The van der Waals surface area contributed by atoms with Gasteiger partial charge in [0.2, 0.25) is 0 Å². The third-order valence-corrected chi connectivity index (χ3v) is 24.1. The minimum absolute atomic E-state index is 0. The highest BCUT2D eigenvalue weighted by Gasteiger charge is 2.52. The van der Waals surface area contributed by atoms with Crippen molar-refractivity contribution >= 4 is 157 Å². The van der Waals surface area contributed by atoms with E-state index >= 15 is 0 Å². The molecule has 2 amide bonds. The summed E-state index contributed by atoms with van der Waals surface area (Å²) in [5.74, 6) is 3.65. The highest BCUT2D eigenvalue weighted by Crippen LogP contribution is 2.39. The summed E-state index contributed by atoms with van der Waals surface area (Å²) in [6, 6.07) is 64.0. The van der Waals surface area contributed by atoms with Crippen molar-refractivity contribution in [2.75, 3.05) is 101 Å². The van der Waals surface area contributed by atoms with Crippen molar-refractivity contribution in [3.8, 4) is 11.5 Å². The zero-order chi connectivity index (χ0) is 90.2. The van der Waals surface area contributed by atoms with E-state index in [9.17, 15) is 14.4 Å². The maximum atomic E-state index is 14.3. The summed E-state index contributed by atoms with van der Waals surface area (Å²) in [4.78, 5) is 72.8. The number of hydrogen-bond acceptors (Lipinski definition) is 19. The van der Waals surface area contributed by atoms with Crippen LogP contribution < -0.4 is 40.7 Å². The summed E-state index contributed by atoms with van der Waals surface area (Å²) >= 11 is 44.9. The highest BCUT2D eigenvalue weighted by atomic mass is 35.5. The minimum Gasteiger partial charge on any atom is -0.497 e. The minimum atomic E-state index is -0.726. The molecule has 4 aliphatic rings. The summed E-state index contributed by atoms with van der Waals surface area (Å²) in [6.45, 7) is 13.4. The van der Waals surface area contributed by atoms with E-state index in [2.05, 4.69) is 35.9 Å². The Labute approximate surface area is 785 Å². The van der Waals surface area contributed by atoms with Gasteiger partial charge in [-0.2, -0.15) is 0 Å². The van der Waals surface area contributed by atoms with Crippen molar-refractivity contribution < 1.29 is 47.4 Å². The number of nitrogens with zero attached hydrogens (tertiary/aromatic N) is 8. The van der Waals surface area contributed by atoms with Gasteiger partial charge in [0.25, 0.3) is 11.8 Å². The van der Waals surface area contributed by atoms with Gasteiger partial charge in [0.05, 0.1) is 61.3 Å². The molecular formula is C99H105BCl7N11O10. The van der Waals surface area contributed by atoms with Crippen LogP contribution in [0.1, 0.15) is 116 Å². The molecule has 3 unspecified atom stereocenters. The molecule has 668 valence electrons. The number of pyridine rings is 3. The van der Waals surface area contributed by atoms with Crippen LogP contribution in [-0.4, -0.2) is 161 Å². The van der Waals surface area contributed by atoms with E-state index in [0.717, 1.165) is 141 Å². The summed E-state index contributed by atoms with van der Waals surface area (Å²) in [7, 11) is 7.97. The lowest BCUT2D eigenvalue weighted by Gasteiger charge is -2.32. The zero-order valence-electron chi connectivity index (χ0n) is 72.2. The van der Waals surface area contributed by atoms with Gasteiger partial charge in [-0.3, -0.25) is 29.4 Å². The number of carbonyl (C=O) groups is 3. The van der Waals surface area contributed by atoms with Crippen LogP contribution in [0.5, 0.6) is 11.5 Å². The standard InChI is InChI=1S/C33H32Cl2N4O3.C26H25Cl2N3O2.C24H19Cl3N2O2.C15H25BN2O3.CH4/c1-41-17-5-16-36-31-15-10-24(20-37-31)32-27-19-25(34)11-14-30(27)39(21-22-8-12-26(42-2)13-9-22)33(40)29(38-32)18-23-6-3-4-7-28(23)35;1-33-12-4-11-29-25-10-8-19(16-30-25)26-21-15-20(27)9-7-17(21)14-24(32)23(31-26)13-18-5-2-3-6-22(18)28;1-31-18-9-6-15(7-10-18)14-29-22-11-8-17(25)13-19(22)23(27)28-21(24(29)30)12-16-4-2-3-5-20(16)26;1-14(2)15(3,4)21-16(20-14)12-7-8-13(18-11-12)17-9-6-10-19-5;/h3-4,6-15,19-20,29H,5,16-18,21H2,1-2H3,(H,36,37);2-3,5-10,15-16,23H,4,11-14H2,1H3,(H,29,30);2-11,13,21H,12,14H2,1H3;7-8,11H,6,9-10H2,1-5H3,(H,17,18);1H4. The number of fused-ring (bicyclic) bond motifs is 3. The second-order valence-electron chi connectivity index (χ2n) is 31.4. The number of nitrogens with one attached hydrogen (secondary N) is 3. The molecule has 8 aromatic carbocycles. The number of aliphatic imine (C=N–C) groups is 3. The first kappa shape index (κ1) is 98.3. The first-order valence-electron chi connectivity index (χ1n) is 41.7. The number of ether oxygens (including phenoxy) is 5. The van der Waals surface area contributed by atoms with Crippen molar-refractivity contribution in [3.05, 3.63) is 322 Å². The molecule has 0 aliphatic carbocycles. The van der Waals surface area contributed by atoms with Crippen LogP contribution in [0.3, 0.4) is 0 Å². The van der Waals surface area contributed by atoms with Gasteiger partial charge in [-0.05, 0) is 202 Å². The Hall–Kier alpha value is -10.3. The van der Waals surface area contributed by atoms with E-state index in [4.69, 9.17) is 124 Å². The predicted octanol–water partition coefficient (Wildman–Crippen LogP) is 20.9. The van der Waals surface area contributed by atoms with Gasteiger partial charge < -0.3 is 58.7 Å². The van der Waals surface area contributed by atoms with Crippen LogP contribution in [-0.2, 0) is 76.7 Å². The third-order valence-electron chi connectivity index (χ3n) is 22.0. The molecule has 1 fully saturated rings. The first-order chi connectivity index (χ1) is 61.3. The molecule has 0 saturated carbocycles. The number of aromatic nitrogens is 3.